The summed E-state index contributed by atoms with van der Waals surface area (Å²) in [4.78, 5) is 8.58. The standard InChI is InChI=1S/C15H20N4O/c1-15(2,11-7-5-4-6-8-11)13(19-16)12-14(20-3)18-10-9-17-12/h4-10,13,19H,16H2,1-3H3. The maximum Gasteiger partial charge on any atom is 0.237 e. The van der Waals surface area contributed by atoms with Gasteiger partial charge in [0.15, 0.2) is 0 Å². The van der Waals surface area contributed by atoms with Crippen molar-refractivity contribution in [3.63, 3.8) is 0 Å². The van der Waals surface area contributed by atoms with Gasteiger partial charge in [0.05, 0.1) is 13.2 Å². The number of hydrazine groups is 1. The predicted molar refractivity (Wildman–Crippen MR) is 78.1 cm³/mol. The Balaban J connectivity index is 2.46. The van der Waals surface area contributed by atoms with E-state index >= 15 is 0 Å². The Kier molecular flexibility index (Phi) is 4.32. The van der Waals surface area contributed by atoms with E-state index in [0.717, 1.165) is 5.56 Å². The van der Waals surface area contributed by atoms with Gasteiger partial charge in [-0.3, -0.25) is 16.3 Å². The molecule has 0 bridgehead atoms. The zero-order valence-electron chi connectivity index (χ0n) is 12.0. The monoisotopic (exact) mass is 272 g/mol. The fourth-order valence-corrected chi connectivity index (χ4v) is 2.35. The van der Waals surface area contributed by atoms with E-state index in [1.807, 2.05) is 18.2 Å². The molecule has 0 amide bonds. The third kappa shape index (κ3) is 2.64. The quantitative estimate of drug-likeness (QED) is 0.643. The van der Waals surface area contributed by atoms with Crippen LogP contribution in [0.3, 0.4) is 0 Å². The van der Waals surface area contributed by atoms with E-state index in [9.17, 15) is 0 Å². The van der Waals surface area contributed by atoms with Crippen LogP contribution in [-0.2, 0) is 5.41 Å². The number of methoxy groups -OCH3 is 1. The minimum absolute atomic E-state index is 0.214. The lowest BCUT2D eigenvalue weighted by Crippen LogP contribution is -2.41. The molecule has 0 saturated carbocycles. The SMILES string of the molecule is COc1nccnc1C(NN)C(C)(C)c1ccccc1. The van der Waals surface area contributed by atoms with E-state index in [4.69, 9.17) is 10.6 Å². The summed E-state index contributed by atoms with van der Waals surface area (Å²) < 4.78 is 5.29. The average molecular weight is 272 g/mol. The summed E-state index contributed by atoms with van der Waals surface area (Å²) in [5.74, 6) is 6.26. The molecule has 2 rings (SSSR count). The summed E-state index contributed by atoms with van der Waals surface area (Å²) in [6.45, 7) is 4.22. The molecule has 20 heavy (non-hydrogen) atoms. The first-order valence-corrected chi connectivity index (χ1v) is 6.47. The number of ether oxygens (including phenoxy) is 1. The highest BCUT2D eigenvalue weighted by Gasteiger charge is 2.35. The molecule has 5 nitrogen and oxygen atoms in total. The van der Waals surface area contributed by atoms with E-state index in [1.54, 1.807) is 19.5 Å². The van der Waals surface area contributed by atoms with Crippen LogP contribution in [0, 0.1) is 0 Å². The predicted octanol–water partition coefficient (Wildman–Crippen LogP) is 1.97. The van der Waals surface area contributed by atoms with Crippen molar-refractivity contribution in [2.75, 3.05) is 7.11 Å². The van der Waals surface area contributed by atoms with E-state index in [2.05, 4.69) is 41.4 Å². The molecule has 0 aliphatic heterocycles. The Bertz CT molecular complexity index is 557. The highest BCUT2D eigenvalue weighted by molar-refractivity contribution is 5.32. The molecule has 0 saturated heterocycles. The van der Waals surface area contributed by atoms with E-state index in [0.29, 0.717) is 11.6 Å². The number of benzene rings is 1. The number of aromatic nitrogens is 2. The molecule has 1 aromatic heterocycles. The van der Waals surface area contributed by atoms with Crippen molar-refractivity contribution in [3.05, 3.63) is 54.0 Å². The third-order valence-corrected chi connectivity index (χ3v) is 3.56. The fourth-order valence-electron chi connectivity index (χ4n) is 2.35. The molecular formula is C15H20N4O. The molecule has 106 valence electrons. The van der Waals surface area contributed by atoms with Gasteiger partial charge >= 0.3 is 0 Å². The highest BCUT2D eigenvalue weighted by atomic mass is 16.5. The summed E-state index contributed by atoms with van der Waals surface area (Å²) in [6.07, 6.45) is 3.24. The average Bonchev–Trinajstić information content (AvgIpc) is 2.49. The van der Waals surface area contributed by atoms with Crippen LogP contribution in [0.15, 0.2) is 42.7 Å². The van der Waals surface area contributed by atoms with Crippen LogP contribution in [0.4, 0.5) is 0 Å². The maximum atomic E-state index is 5.78. The van der Waals surface area contributed by atoms with Crippen LogP contribution in [0.5, 0.6) is 5.88 Å². The largest absolute Gasteiger partial charge is 0.480 e. The van der Waals surface area contributed by atoms with Crippen molar-refractivity contribution in [1.29, 1.82) is 0 Å². The lowest BCUT2D eigenvalue weighted by molar-refractivity contribution is 0.319. The Morgan fingerprint density at radius 3 is 2.40 bits per heavy atom. The summed E-state index contributed by atoms with van der Waals surface area (Å²) >= 11 is 0. The minimum atomic E-state index is -0.265. The van der Waals surface area contributed by atoms with Gasteiger partial charge in [-0.25, -0.2) is 4.98 Å². The Morgan fingerprint density at radius 1 is 1.15 bits per heavy atom. The second-order valence-electron chi connectivity index (χ2n) is 5.14. The van der Waals surface area contributed by atoms with Gasteiger partial charge < -0.3 is 4.74 Å². The van der Waals surface area contributed by atoms with Gasteiger partial charge in [0.1, 0.15) is 5.69 Å². The normalized spacial score (nSPS) is 13.0. The Labute approximate surface area is 119 Å². The van der Waals surface area contributed by atoms with Crippen molar-refractivity contribution in [1.82, 2.24) is 15.4 Å². The van der Waals surface area contributed by atoms with Crippen molar-refractivity contribution in [2.45, 2.75) is 25.3 Å². The zero-order valence-corrected chi connectivity index (χ0v) is 12.0. The summed E-state index contributed by atoms with van der Waals surface area (Å²) in [5, 5.41) is 0. The van der Waals surface area contributed by atoms with Crippen LogP contribution in [0.1, 0.15) is 31.1 Å². The zero-order chi connectivity index (χ0) is 14.6. The van der Waals surface area contributed by atoms with Gasteiger partial charge in [-0.05, 0) is 5.56 Å². The number of hydrogen-bond donors (Lipinski definition) is 2. The highest BCUT2D eigenvalue weighted by Crippen LogP contribution is 2.37. The maximum absolute atomic E-state index is 5.78. The molecule has 1 unspecified atom stereocenters. The smallest absolute Gasteiger partial charge is 0.237 e. The third-order valence-electron chi connectivity index (χ3n) is 3.56. The molecule has 5 heteroatoms. The molecule has 0 radical (unpaired) electrons. The molecule has 3 N–H and O–H groups in total. The molecule has 2 aromatic rings. The second kappa shape index (κ2) is 5.98. The van der Waals surface area contributed by atoms with Crippen LogP contribution in [0.2, 0.25) is 0 Å². The van der Waals surface area contributed by atoms with Gasteiger partial charge in [-0.1, -0.05) is 44.2 Å². The molecule has 0 aliphatic rings. The van der Waals surface area contributed by atoms with Gasteiger partial charge in [-0.15, -0.1) is 0 Å². The van der Waals surface area contributed by atoms with E-state index < -0.39 is 0 Å². The minimum Gasteiger partial charge on any atom is -0.480 e. The van der Waals surface area contributed by atoms with Gasteiger partial charge in [-0.2, -0.15) is 0 Å². The Morgan fingerprint density at radius 2 is 1.80 bits per heavy atom. The van der Waals surface area contributed by atoms with Crippen LogP contribution >= 0.6 is 0 Å². The van der Waals surface area contributed by atoms with Crippen LogP contribution < -0.4 is 16.0 Å². The van der Waals surface area contributed by atoms with Crippen molar-refractivity contribution >= 4 is 0 Å². The number of rotatable bonds is 5. The molecule has 0 fully saturated rings. The fraction of sp³-hybridized carbons (Fsp3) is 0.333. The number of hydrogen-bond acceptors (Lipinski definition) is 5. The van der Waals surface area contributed by atoms with E-state index in [1.165, 1.54) is 0 Å². The summed E-state index contributed by atoms with van der Waals surface area (Å²) in [6, 6.07) is 9.96. The number of nitrogens with one attached hydrogen (secondary N) is 1. The first kappa shape index (κ1) is 14.4. The number of nitrogens with zero attached hydrogens (tertiary/aromatic N) is 2. The van der Waals surface area contributed by atoms with Crippen molar-refractivity contribution < 1.29 is 4.74 Å². The molecule has 1 atom stereocenters. The Hall–Kier alpha value is -1.98. The van der Waals surface area contributed by atoms with Crippen molar-refractivity contribution in [3.8, 4) is 5.88 Å². The van der Waals surface area contributed by atoms with Crippen LogP contribution in [0.25, 0.3) is 0 Å². The van der Waals surface area contributed by atoms with Gasteiger partial charge in [0, 0.05) is 17.8 Å². The topological polar surface area (TPSA) is 73.1 Å². The van der Waals surface area contributed by atoms with E-state index in [-0.39, 0.29) is 11.5 Å². The van der Waals surface area contributed by atoms with Crippen LogP contribution in [-0.4, -0.2) is 17.1 Å². The molecule has 1 aromatic carbocycles. The lowest BCUT2D eigenvalue weighted by Gasteiger charge is -2.34. The van der Waals surface area contributed by atoms with Crippen molar-refractivity contribution in [2.24, 2.45) is 5.84 Å². The second-order valence-corrected chi connectivity index (χ2v) is 5.14. The summed E-state index contributed by atoms with van der Waals surface area (Å²) in [5.41, 5.74) is 4.45. The number of nitrogens with two attached hydrogens (primary N) is 1. The molecule has 0 aliphatic carbocycles. The molecular weight excluding hydrogens is 252 g/mol. The summed E-state index contributed by atoms with van der Waals surface area (Å²) in [7, 11) is 1.58. The van der Waals surface area contributed by atoms with Gasteiger partial charge in [0.25, 0.3) is 0 Å². The first-order valence-electron chi connectivity index (χ1n) is 6.47. The van der Waals surface area contributed by atoms with Gasteiger partial charge in [0.2, 0.25) is 5.88 Å². The lowest BCUT2D eigenvalue weighted by atomic mass is 9.76. The molecule has 1 heterocycles. The molecule has 0 spiro atoms. The first-order chi connectivity index (χ1) is 9.61.